The monoisotopic (exact) mass is 392 g/mol. The summed E-state index contributed by atoms with van der Waals surface area (Å²) in [5, 5.41) is 14.4. The molecule has 0 radical (unpaired) electrons. The van der Waals surface area contributed by atoms with Crippen molar-refractivity contribution >= 4 is 22.1 Å². The van der Waals surface area contributed by atoms with Crippen LogP contribution in [0.1, 0.15) is 33.7 Å². The molecule has 144 valence electrons. The number of amides is 1. The Morgan fingerprint density at radius 2 is 1.67 bits per heavy atom. The molecule has 5 N–H and O–H groups in total. The van der Waals surface area contributed by atoms with Crippen LogP contribution in [-0.2, 0) is 10.2 Å². The summed E-state index contributed by atoms with van der Waals surface area (Å²) in [7, 11) is -4.24. The number of carboxylic acids is 1. The van der Waals surface area contributed by atoms with E-state index in [1.807, 2.05) is 0 Å². The second-order valence-corrected chi connectivity index (χ2v) is 7.85. The minimum atomic E-state index is -4.24. The lowest BCUT2D eigenvalue weighted by atomic mass is 10.0. The normalized spacial score (nSPS) is 15.7. The SMILES string of the molecule is NC1CCN(C(=O)c2ccc(-c3ccn(S(N)(=O)=O)c3C(=O)O)cc2)CC1. The number of nitrogens with zero attached hydrogens (tertiary/aromatic N) is 2. The molecule has 10 heteroatoms. The van der Waals surface area contributed by atoms with Gasteiger partial charge in [0.1, 0.15) is 0 Å². The van der Waals surface area contributed by atoms with E-state index in [0.717, 1.165) is 19.0 Å². The third-order valence-electron chi connectivity index (χ3n) is 4.60. The van der Waals surface area contributed by atoms with Crippen LogP contribution in [0, 0.1) is 0 Å². The summed E-state index contributed by atoms with van der Waals surface area (Å²) >= 11 is 0. The average Bonchev–Trinajstić information content (AvgIpc) is 3.08. The number of piperidine rings is 1. The molecule has 2 heterocycles. The van der Waals surface area contributed by atoms with E-state index < -0.39 is 21.9 Å². The first kappa shape index (κ1) is 19.1. The minimum Gasteiger partial charge on any atom is -0.477 e. The Bertz CT molecular complexity index is 973. The van der Waals surface area contributed by atoms with Crippen molar-refractivity contribution in [1.82, 2.24) is 8.87 Å². The smallest absolute Gasteiger partial charge is 0.354 e. The molecule has 0 saturated carbocycles. The number of nitrogens with two attached hydrogens (primary N) is 2. The Morgan fingerprint density at radius 1 is 1.07 bits per heavy atom. The van der Waals surface area contributed by atoms with Crippen LogP contribution in [-0.4, -0.2) is 53.4 Å². The number of rotatable bonds is 4. The number of carbonyl (C=O) groups is 2. The largest absolute Gasteiger partial charge is 0.477 e. The van der Waals surface area contributed by atoms with Crippen molar-refractivity contribution in [3.63, 3.8) is 0 Å². The zero-order valence-corrected chi connectivity index (χ0v) is 15.2. The third-order valence-corrected chi connectivity index (χ3v) is 5.45. The number of aromatic carboxylic acids is 1. The number of aromatic nitrogens is 1. The zero-order chi connectivity index (χ0) is 19.8. The maximum atomic E-state index is 12.6. The molecule has 1 fully saturated rings. The van der Waals surface area contributed by atoms with Crippen molar-refractivity contribution in [3.05, 3.63) is 47.8 Å². The summed E-state index contributed by atoms with van der Waals surface area (Å²) < 4.78 is 23.6. The van der Waals surface area contributed by atoms with E-state index in [2.05, 4.69) is 0 Å². The number of hydrogen-bond donors (Lipinski definition) is 3. The van der Waals surface area contributed by atoms with Gasteiger partial charge in [-0.25, -0.2) is 13.9 Å². The van der Waals surface area contributed by atoms with Gasteiger partial charge < -0.3 is 15.7 Å². The molecule has 1 amide bonds. The van der Waals surface area contributed by atoms with Crippen molar-refractivity contribution in [1.29, 1.82) is 0 Å². The molecule has 9 nitrogen and oxygen atoms in total. The van der Waals surface area contributed by atoms with E-state index in [1.165, 1.54) is 6.07 Å². The molecule has 27 heavy (non-hydrogen) atoms. The second kappa shape index (κ2) is 7.14. The first-order chi connectivity index (χ1) is 12.7. The summed E-state index contributed by atoms with van der Waals surface area (Å²) in [6.07, 6.45) is 2.60. The van der Waals surface area contributed by atoms with Gasteiger partial charge in [-0.2, -0.15) is 8.42 Å². The highest BCUT2D eigenvalue weighted by Crippen LogP contribution is 2.26. The Labute approximate surface area is 156 Å². The fraction of sp³-hybridized carbons (Fsp3) is 0.294. The van der Waals surface area contributed by atoms with E-state index in [4.69, 9.17) is 10.9 Å². The summed E-state index contributed by atoms with van der Waals surface area (Å²) in [6.45, 7) is 1.20. The van der Waals surface area contributed by atoms with Gasteiger partial charge in [-0.15, -0.1) is 0 Å². The lowest BCUT2D eigenvalue weighted by Gasteiger charge is -2.30. The molecule has 0 bridgehead atoms. The van der Waals surface area contributed by atoms with Crippen LogP contribution in [0.4, 0.5) is 0 Å². The number of carbonyl (C=O) groups excluding carboxylic acids is 1. The van der Waals surface area contributed by atoms with Gasteiger partial charge in [0, 0.05) is 36.5 Å². The lowest BCUT2D eigenvalue weighted by molar-refractivity contribution is 0.0687. The fourth-order valence-electron chi connectivity index (χ4n) is 3.15. The summed E-state index contributed by atoms with van der Waals surface area (Å²) in [5.74, 6) is -1.54. The van der Waals surface area contributed by atoms with Gasteiger partial charge in [-0.1, -0.05) is 12.1 Å². The molecule has 1 aliphatic heterocycles. The quantitative estimate of drug-likeness (QED) is 0.688. The molecule has 0 spiro atoms. The van der Waals surface area contributed by atoms with Crippen molar-refractivity contribution in [2.24, 2.45) is 10.9 Å². The van der Waals surface area contributed by atoms with E-state index in [9.17, 15) is 23.1 Å². The van der Waals surface area contributed by atoms with Gasteiger partial charge in [0.05, 0.1) is 0 Å². The molecular weight excluding hydrogens is 372 g/mol. The molecule has 0 aliphatic carbocycles. The van der Waals surface area contributed by atoms with Crippen LogP contribution < -0.4 is 10.9 Å². The molecule has 1 aromatic carbocycles. The van der Waals surface area contributed by atoms with Gasteiger partial charge in [0.25, 0.3) is 5.91 Å². The van der Waals surface area contributed by atoms with Gasteiger partial charge >= 0.3 is 16.2 Å². The second-order valence-electron chi connectivity index (χ2n) is 6.43. The molecular formula is C17H20N4O5S. The topological polar surface area (TPSA) is 149 Å². The highest BCUT2D eigenvalue weighted by molar-refractivity contribution is 7.87. The first-order valence-corrected chi connectivity index (χ1v) is 9.82. The van der Waals surface area contributed by atoms with Crippen LogP contribution >= 0.6 is 0 Å². The average molecular weight is 392 g/mol. The highest BCUT2D eigenvalue weighted by Gasteiger charge is 2.24. The van der Waals surface area contributed by atoms with E-state index in [0.29, 0.717) is 28.2 Å². The summed E-state index contributed by atoms with van der Waals surface area (Å²) in [6, 6.07) is 7.82. The zero-order valence-electron chi connectivity index (χ0n) is 14.4. The Kier molecular flexibility index (Phi) is 5.05. The van der Waals surface area contributed by atoms with Crippen molar-refractivity contribution < 1.29 is 23.1 Å². The fourth-order valence-corrected chi connectivity index (χ4v) is 3.81. The van der Waals surface area contributed by atoms with Crippen LogP contribution in [0.25, 0.3) is 11.1 Å². The third kappa shape index (κ3) is 3.87. The van der Waals surface area contributed by atoms with Crippen LogP contribution in [0.5, 0.6) is 0 Å². The Balaban J connectivity index is 1.89. The van der Waals surface area contributed by atoms with Crippen LogP contribution in [0.3, 0.4) is 0 Å². The van der Waals surface area contributed by atoms with E-state index in [1.54, 1.807) is 29.2 Å². The molecule has 3 rings (SSSR count). The van der Waals surface area contributed by atoms with Crippen LogP contribution in [0.2, 0.25) is 0 Å². The highest BCUT2D eigenvalue weighted by atomic mass is 32.2. The minimum absolute atomic E-state index is 0.117. The van der Waals surface area contributed by atoms with Crippen molar-refractivity contribution in [2.45, 2.75) is 18.9 Å². The van der Waals surface area contributed by atoms with Crippen molar-refractivity contribution in [2.75, 3.05) is 13.1 Å². The lowest BCUT2D eigenvalue weighted by Crippen LogP contribution is -2.42. The molecule has 2 aromatic rings. The standard InChI is InChI=1S/C17H20N4O5S/c18-13-5-8-20(9-6-13)16(22)12-3-1-11(2-4-12)14-7-10-21(27(19,25)26)15(14)17(23)24/h1-4,7,10,13H,5-6,8-9,18H2,(H,23,24)(H2,19,25,26). The van der Waals surface area contributed by atoms with Gasteiger partial charge in [-0.3, -0.25) is 4.79 Å². The first-order valence-electron chi connectivity index (χ1n) is 8.31. The van der Waals surface area contributed by atoms with Gasteiger partial charge in [0.2, 0.25) is 0 Å². The maximum absolute atomic E-state index is 12.6. The molecule has 0 unspecified atom stereocenters. The summed E-state index contributed by atoms with van der Waals surface area (Å²) in [4.78, 5) is 25.8. The Hall–Kier alpha value is -2.69. The number of carboxylic acid groups (broad SMARTS) is 1. The molecule has 1 aliphatic rings. The van der Waals surface area contributed by atoms with Gasteiger partial charge in [0.15, 0.2) is 5.69 Å². The maximum Gasteiger partial charge on any atom is 0.354 e. The number of likely N-dealkylation sites (tertiary alicyclic amines) is 1. The number of hydrogen-bond acceptors (Lipinski definition) is 5. The molecule has 1 aromatic heterocycles. The van der Waals surface area contributed by atoms with E-state index in [-0.39, 0.29) is 17.5 Å². The predicted octanol–water partition coefficient (Wildman–Crippen LogP) is 0.468. The predicted molar refractivity (Wildman–Crippen MR) is 98.4 cm³/mol. The molecule has 0 atom stereocenters. The van der Waals surface area contributed by atoms with Gasteiger partial charge in [-0.05, 0) is 36.6 Å². The summed E-state index contributed by atoms with van der Waals surface area (Å²) in [5.41, 5.74) is 6.52. The van der Waals surface area contributed by atoms with E-state index >= 15 is 0 Å². The van der Waals surface area contributed by atoms with Crippen LogP contribution in [0.15, 0.2) is 36.5 Å². The Morgan fingerprint density at radius 3 is 2.19 bits per heavy atom. The van der Waals surface area contributed by atoms with Crippen molar-refractivity contribution in [3.8, 4) is 11.1 Å². The number of benzene rings is 1. The molecule has 1 saturated heterocycles.